The topological polar surface area (TPSA) is 9.86 Å². The molecule has 10 aromatic rings. The van der Waals surface area contributed by atoms with Crippen LogP contribution in [0.3, 0.4) is 0 Å². The van der Waals surface area contributed by atoms with Gasteiger partial charge < -0.3 is 9.13 Å². The quantitative estimate of drug-likeness (QED) is 0.171. The first kappa shape index (κ1) is 33.0. The predicted octanol–water partition coefficient (Wildman–Crippen LogP) is 14.7. The van der Waals surface area contributed by atoms with E-state index in [1.54, 1.807) is 0 Å². The van der Waals surface area contributed by atoms with Crippen LogP contribution >= 0.6 is 0 Å². The van der Waals surface area contributed by atoms with Gasteiger partial charge in [-0.15, -0.1) is 0 Å². The van der Waals surface area contributed by atoms with Crippen LogP contribution in [0.5, 0.6) is 0 Å². The molecule has 0 radical (unpaired) electrons. The van der Waals surface area contributed by atoms with Crippen molar-refractivity contribution in [1.29, 1.82) is 0 Å². The minimum atomic E-state index is 0.0737. The van der Waals surface area contributed by atoms with Crippen molar-refractivity contribution in [3.8, 4) is 33.6 Å². The molecule has 1 aliphatic carbocycles. The molecule has 0 spiro atoms. The van der Waals surface area contributed by atoms with Crippen LogP contribution in [-0.2, 0) is 10.8 Å². The Kier molecular flexibility index (Phi) is 7.11. The lowest BCUT2D eigenvalue weighted by Crippen LogP contribution is -2.33. The lowest BCUT2D eigenvalue weighted by atomic mass is 9.63. The fourth-order valence-electron chi connectivity index (χ4n) is 9.93. The molecule has 2 heteroatoms. The maximum atomic E-state index is 2.60. The van der Waals surface area contributed by atoms with Gasteiger partial charge in [0.05, 0.1) is 22.1 Å². The number of nitrogens with zero attached hydrogens (tertiary/aromatic N) is 2. The van der Waals surface area contributed by atoms with Gasteiger partial charge in [-0.25, -0.2) is 0 Å². The molecule has 1 aliphatic rings. The highest BCUT2D eigenvalue weighted by Gasteiger charge is 2.38. The summed E-state index contributed by atoms with van der Waals surface area (Å²) in [5.74, 6) is 0. The van der Waals surface area contributed by atoms with E-state index < -0.39 is 0 Å². The zero-order valence-corrected chi connectivity index (χ0v) is 32.5. The lowest BCUT2D eigenvalue weighted by Gasteiger charge is -2.42. The van der Waals surface area contributed by atoms with Crippen LogP contribution in [0, 0.1) is 0 Å². The molecule has 0 saturated heterocycles. The van der Waals surface area contributed by atoms with Crippen molar-refractivity contribution in [1.82, 2.24) is 9.13 Å². The number of benzene rings is 8. The summed E-state index contributed by atoms with van der Waals surface area (Å²) in [6, 6.07) is 63.1. The Morgan fingerprint density at radius 1 is 0.357 bits per heavy atom. The second-order valence-electron chi connectivity index (χ2n) is 17.2. The van der Waals surface area contributed by atoms with Crippen LogP contribution in [0.25, 0.3) is 88.0 Å². The van der Waals surface area contributed by atoms with Gasteiger partial charge in [0.2, 0.25) is 0 Å². The minimum absolute atomic E-state index is 0.0737. The van der Waals surface area contributed by atoms with Crippen LogP contribution in [0.1, 0.15) is 51.7 Å². The summed E-state index contributed by atoms with van der Waals surface area (Å²) in [5.41, 5.74) is 15.3. The van der Waals surface area contributed by atoms with E-state index in [2.05, 4.69) is 207 Å². The summed E-state index contributed by atoms with van der Waals surface area (Å²) in [4.78, 5) is 0. The smallest absolute Gasteiger partial charge is 0.0795 e. The normalized spacial score (nSPS) is 14.9. The van der Waals surface area contributed by atoms with E-state index in [1.807, 2.05) is 0 Å². The SMILES string of the molecule is CC1(C)CCC(C)(C)c2cc3c(cc21)c1c2ccccc2c2c4ccccc4n(-c4ccccc4)c2c1n3-c1ccc(-c2cccc(-c3ccccc3)c2)cc1. The molecule has 2 heterocycles. The number of hydrogen-bond donors (Lipinski definition) is 0. The van der Waals surface area contributed by atoms with Crippen LogP contribution in [0.15, 0.2) is 170 Å². The van der Waals surface area contributed by atoms with Crippen molar-refractivity contribution in [2.24, 2.45) is 0 Å². The van der Waals surface area contributed by atoms with E-state index in [-0.39, 0.29) is 10.8 Å². The summed E-state index contributed by atoms with van der Waals surface area (Å²) in [7, 11) is 0. The molecular weight excluding hydrogens is 677 g/mol. The van der Waals surface area contributed by atoms with Gasteiger partial charge in [-0.2, -0.15) is 0 Å². The van der Waals surface area contributed by atoms with E-state index in [0.717, 1.165) is 0 Å². The van der Waals surface area contributed by atoms with Crippen molar-refractivity contribution in [3.05, 3.63) is 181 Å². The van der Waals surface area contributed by atoms with Crippen LogP contribution in [-0.4, -0.2) is 9.13 Å². The number of rotatable bonds is 4. The maximum absolute atomic E-state index is 2.60. The molecule has 0 bridgehead atoms. The third-order valence-corrected chi connectivity index (χ3v) is 12.9. The molecule has 8 aromatic carbocycles. The lowest BCUT2D eigenvalue weighted by molar-refractivity contribution is 0.332. The third kappa shape index (κ3) is 4.81. The predicted molar refractivity (Wildman–Crippen MR) is 239 cm³/mol. The highest BCUT2D eigenvalue weighted by Crippen LogP contribution is 2.51. The molecule has 270 valence electrons. The summed E-state index contributed by atoms with van der Waals surface area (Å²) in [6.07, 6.45) is 2.35. The Balaban J connectivity index is 1.29. The Labute approximate surface area is 328 Å². The van der Waals surface area contributed by atoms with Gasteiger partial charge in [0, 0.05) is 32.9 Å². The van der Waals surface area contributed by atoms with Gasteiger partial charge >= 0.3 is 0 Å². The van der Waals surface area contributed by atoms with E-state index in [1.165, 1.54) is 112 Å². The first-order valence-electron chi connectivity index (χ1n) is 20.1. The van der Waals surface area contributed by atoms with Gasteiger partial charge in [-0.05, 0) is 116 Å². The molecule has 0 unspecified atom stereocenters. The van der Waals surface area contributed by atoms with E-state index in [9.17, 15) is 0 Å². The number of hydrogen-bond acceptors (Lipinski definition) is 0. The maximum Gasteiger partial charge on any atom is 0.0795 e. The minimum Gasteiger partial charge on any atom is -0.307 e. The molecule has 2 aromatic heterocycles. The second-order valence-corrected chi connectivity index (χ2v) is 17.2. The second kappa shape index (κ2) is 12.1. The number of para-hydroxylation sites is 2. The standard InChI is InChI=1S/C54H44N2/c1-53(2)30-31-54(3,4)46-34-48-44(33-45(46)53)50-42-23-12-11-22-41(42)49-43-24-13-14-25-47(43)55(39-20-9-6-10-21-39)51(49)52(50)56(48)40-28-26-36(27-29-40)38-19-15-18-37(32-38)35-16-7-5-8-17-35/h5-29,32-34H,30-31H2,1-4H3. The zero-order valence-electron chi connectivity index (χ0n) is 32.5. The van der Waals surface area contributed by atoms with Gasteiger partial charge in [0.25, 0.3) is 0 Å². The van der Waals surface area contributed by atoms with Gasteiger partial charge in [-0.3, -0.25) is 0 Å². The van der Waals surface area contributed by atoms with E-state index >= 15 is 0 Å². The van der Waals surface area contributed by atoms with Crippen molar-refractivity contribution in [2.75, 3.05) is 0 Å². The van der Waals surface area contributed by atoms with Gasteiger partial charge in [0.1, 0.15) is 0 Å². The molecule has 0 fully saturated rings. The highest BCUT2D eigenvalue weighted by atomic mass is 15.0. The summed E-state index contributed by atoms with van der Waals surface area (Å²) >= 11 is 0. The van der Waals surface area contributed by atoms with Crippen molar-refractivity contribution < 1.29 is 0 Å². The Morgan fingerprint density at radius 3 is 1.46 bits per heavy atom. The molecule has 11 rings (SSSR count). The fraction of sp³-hybridized carbons (Fsp3) is 0.148. The molecule has 0 aliphatic heterocycles. The fourth-order valence-corrected chi connectivity index (χ4v) is 9.93. The average Bonchev–Trinajstić information content (AvgIpc) is 3.77. The first-order chi connectivity index (χ1) is 27.3. The van der Waals surface area contributed by atoms with Crippen molar-refractivity contribution in [3.63, 3.8) is 0 Å². The Hall–Kier alpha value is -6.38. The highest BCUT2D eigenvalue weighted by molar-refractivity contribution is 6.36. The van der Waals surface area contributed by atoms with Crippen LogP contribution in [0.4, 0.5) is 0 Å². The summed E-state index contributed by atoms with van der Waals surface area (Å²) in [6.45, 7) is 9.78. The number of fused-ring (bicyclic) bond motifs is 11. The molecule has 2 nitrogen and oxygen atoms in total. The molecule has 0 atom stereocenters. The molecule has 0 amide bonds. The largest absolute Gasteiger partial charge is 0.307 e. The van der Waals surface area contributed by atoms with Crippen LogP contribution < -0.4 is 0 Å². The Morgan fingerprint density at radius 2 is 0.821 bits per heavy atom. The summed E-state index contributed by atoms with van der Waals surface area (Å²) < 4.78 is 5.12. The Bertz CT molecular complexity index is 3160. The number of aromatic nitrogens is 2. The zero-order chi connectivity index (χ0) is 37.8. The van der Waals surface area contributed by atoms with E-state index in [0.29, 0.717) is 0 Å². The molecular formula is C54H44N2. The molecule has 0 saturated carbocycles. The monoisotopic (exact) mass is 720 g/mol. The third-order valence-electron chi connectivity index (χ3n) is 12.9. The van der Waals surface area contributed by atoms with E-state index in [4.69, 9.17) is 0 Å². The van der Waals surface area contributed by atoms with Gasteiger partial charge in [-0.1, -0.05) is 149 Å². The van der Waals surface area contributed by atoms with Crippen molar-refractivity contribution in [2.45, 2.75) is 51.4 Å². The van der Waals surface area contributed by atoms with Crippen molar-refractivity contribution >= 4 is 54.4 Å². The molecule has 0 N–H and O–H groups in total. The van der Waals surface area contributed by atoms with Gasteiger partial charge in [0.15, 0.2) is 0 Å². The molecule has 56 heavy (non-hydrogen) atoms. The summed E-state index contributed by atoms with van der Waals surface area (Å²) in [5, 5.41) is 7.83. The average molecular weight is 721 g/mol. The van der Waals surface area contributed by atoms with Crippen LogP contribution in [0.2, 0.25) is 0 Å². The first-order valence-corrected chi connectivity index (χ1v) is 20.1.